The molecule has 29 heavy (non-hydrogen) atoms. The highest BCUT2D eigenvalue weighted by atomic mass is 79.9. The maximum Gasteiger partial charge on any atom is 0.311 e. The van der Waals surface area contributed by atoms with Gasteiger partial charge in [-0.25, -0.2) is 0 Å². The number of hydrogen-bond acceptors (Lipinski definition) is 5. The van der Waals surface area contributed by atoms with Crippen molar-refractivity contribution >= 4 is 21.6 Å². The van der Waals surface area contributed by atoms with Crippen molar-refractivity contribution in [3.63, 3.8) is 0 Å². The second kappa shape index (κ2) is 9.93. The van der Waals surface area contributed by atoms with E-state index in [2.05, 4.69) is 41.2 Å². The van der Waals surface area contributed by atoms with Crippen LogP contribution in [-0.2, 0) is 0 Å². The number of nitro groups is 1. The molecule has 0 bridgehead atoms. The van der Waals surface area contributed by atoms with Crippen LogP contribution in [0.15, 0.2) is 34.7 Å². The van der Waals surface area contributed by atoms with Crippen LogP contribution >= 0.6 is 15.9 Å². The number of dihydropyridines is 1. The molecule has 1 atom stereocenters. The summed E-state index contributed by atoms with van der Waals surface area (Å²) in [4.78, 5) is 11.4. The van der Waals surface area contributed by atoms with Crippen molar-refractivity contribution in [3.8, 4) is 11.8 Å². The topological polar surface area (TPSA) is 88.2 Å². The van der Waals surface area contributed by atoms with Gasteiger partial charge in [-0.05, 0) is 56.2 Å². The summed E-state index contributed by atoms with van der Waals surface area (Å²) in [6.45, 7) is 10.3. The predicted molar refractivity (Wildman–Crippen MR) is 118 cm³/mol. The van der Waals surface area contributed by atoms with Crippen molar-refractivity contribution in [2.75, 3.05) is 11.9 Å². The van der Waals surface area contributed by atoms with E-state index in [0.29, 0.717) is 18.1 Å². The number of nitro benzene ring substituents is 1. The van der Waals surface area contributed by atoms with Crippen molar-refractivity contribution in [3.05, 3.63) is 55.9 Å². The lowest BCUT2D eigenvalue weighted by Gasteiger charge is -2.33. The van der Waals surface area contributed by atoms with E-state index in [1.54, 1.807) is 6.07 Å². The average molecular weight is 462 g/mol. The summed E-state index contributed by atoms with van der Waals surface area (Å²) in [5, 5.41) is 25.5. The minimum Gasteiger partial charge on any atom is -0.487 e. The fourth-order valence-electron chi connectivity index (χ4n) is 3.90. The van der Waals surface area contributed by atoms with Crippen LogP contribution in [-0.4, -0.2) is 16.9 Å². The molecule has 1 heterocycles. The second-order valence-electron chi connectivity index (χ2n) is 7.67. The van der Waals surface area contributed by atoms with E-state index in [9.17, 15) is 15.4 Å². The Morgan fingerprint density at radius 2 is 2.00 bits per heavy atom. The third-order valence-corrected chi connectivity index (χ3v) is 5.70. The summed E-state index contributed by atoms with van der Waals surface area (Å²) in [6.07, 6.45) is 1.72. The number of nitriles is 1. The molecule has 7 heteroatoms. The van der Waals surface area contributed by atoms with Gasteiger partial charge < -0.3 is 10.1 Å². The maximum atomic E-state index is 11.8. The number of nitrogens with zero attached hydrogens (tertiary/aromatic N) is 2. The van der Waals surface area contributed by atoms with Crippen LogP contribution in [0.3, 0.4) is 0 Å². The van der Waals surface area contributed by atoms with Crippen LogP contribution < -0.4 is 10.1 Å². The number of nitrogens with one attached hydrogen (secondary N) is 1. The number of rotatable bonds is 8. The zero-order chi connectivity index (χ0) is 21.7. The highest BCUT2D eigenvalue weighted by Crippen LogP contribution is 2.47. The van der Waals surface area contributed by atoms with Crippen LogP contribution in [0.1, 0.15) is 57.6 Å². The smallest absolute Gasteiger partial charge is 0.311 e. The standard InChI is InChI=1S/C22H28BrN3O3/c1-13(2)20-16(5)25-18(12-24)15(4)21(20)17-10-14(3)11-19(26(27)28)22(17)29-9-7-6-8-23/h10-11,13,21,25H,6-9H2,1-5H3. The van der Waals surface area contributed by atoms with Crippen LogP contribution in [0.2, 0.25) is 0 Å². The molecule has 0 saturated carbocycles. The fraction of sp³-hybridized carbons (Fsp3) is 0.500. The van der Waals surface area contributed by atoms with Crippen molar-refractivity contribution in [1.29, 1.82) is 5.26 Å². The lowest BCUT2D eigenvalue weighted by Crippen LogP contribution is -2.26. The molecular formula is C22H28BrN3O3. The normalized spacial score (nSPS) is 16.7. The van der Waals surface area contributed by atoms with Crippen molar-refractivity contribution < 1.29 is 9.66 Å². The fourth-order valence-corrected chi connectivity index (χ4v) is 4.29. The zero-order valence-electron chi connectivity index (χ0n) is 17.6. The molecule has 0 aromatic heterocycles. The number of allylic oxidation sites excluding steroid dienone is 4. The van der Waals surface area contributed by atoms with Gasteiger partial charge in [-0.1, -0.05) is 35.8 Å². The Morgan fingerprint density at radius 1 is 1.31 bits per heavy atom. The number of alkyl halides is 1. The number of hydrogen-bond donors (Lipinski definition) is 1. The Morgan fingerprint density at radius 3 is 2.55 bits per heavy atom. The van der Waals surface area contributed by atoms with E-state index >= 15 is 0 Å². The van der Waals surface area contributed by atoms with E-state index in [1.165, 1.54) is 0 Å². The van der Waals surface area contributed by atoms with Crippen LogP contribution in [0, 0.1) is 34.3 Å². The average Bonchev–Trinajstić information content (AvgIpc) is 2.66. The first kappa shape index (κ1) is 23.0. The molecule has 0 fully saturated rings. The highest BCUT2D eigenvalue weighted by Gasteiger charge is 2.34. The lowest BCUT2D eigenvalue weighted by molar-refractivity contribution is -0.386. The summed E-state index contributed by atoms with van der Waals surface area (Å²) in [5.74, 6) is 0.267. The van der Waals surface area contributed by atoms with Gasteiger partial charge in [0.05, 0.1) is 11.5 Å². The SMILES string of the molecule is CC1=C(C(C)C)C(c2cc(C)cc([N+](=O)[O-])c2OCCCCBr)C(C)=C(C#N)N1. The number of benzene rings is 1. The summed E-state index contributed by atoms with van der Waals surface area (Å²) in [5.41, 5.74) is 4.91. The maximum absolute atomic E-state index is 11.8. The minimum atomic E-state index is -0.382. The Labute approximate surface area is 180 Å². The molecule has 2 rings (SSSR count). The lowest BCUT2D eigenvalue weighted by atomic mass is 9.76. The van der Waals surface area contributed by atoms with Gasteiger partial charge >= 0.3 is 5.69 Å². The zero-order valence-corrected chi connectivity index (χ0v) is 19.2. The van der Waals surface area contributed by atoms with Crippen LogP contribution in [0.4, 0.5) is 5.69 Å². The van der Waals surface area contributed by atoms with Gasteiger partial charge in [0.2, 0.25) is 5.75 Å². The molecule has 1 aromatic carbocycles. The Bertz CT molecular complexity index is 897. The summed E-state index contributed by atoms with van der Waals surface area (Å²) in [6, 6.07) is 5.74. The molecule has 0 amide bonds. The Kier molecular flexibility index (Phi) is 7.86. The van der Waals surface area contributed by atoms with Crippen molar-refractivity contribution in [2.24, 2.45) is 5.92 Å². The van der Waals surface area contributed by atoms with Gasteiger partial charge in [-0.2, -0.15) is 5.26 Å². The molecule has 1 unspecified atom stereocenters. The van der Waals surface area contributed by atoms with Crippen molar-refractivity contribution in [2.45, 2.75) is 53.4 Å². The highest BCUT2D eigenvalue weighted by molar-refractivity contribution is 9.09. The number of ether oxygens (including phenoxy) is 1. The molecule has 1 aliphatic rings. The van der Waals surface area contributed by atoms with Gasteiger partial charge in [0.25, 0.3) is 0 Å². The van der Waals surface area contributed by atoms with Gasteiger partial charge in [0.15, 0.2) is 0 Å². The summed E-state index contributed by atoms with van der Waals surface area (Å²) < 4.78 is 6.01. The first-order valence-electron chi connectivity index (χ1n) is 9.79. The first-order chi connectivity index (χ1) is 13.7. The third-order valence-electron chi connectivity index (χ3n) is 5.14. The van der Waals surface area contributed by atoms with E-state index < -0.39 is 0 Å². The number of aryl methyl sites for hydroxylation is 1. The van der Waals surface area contributed by atoms with Gasteiger partial charge in [-0.3, -0.25) is 10.1 Å². The largest absolute Gasteiger partial charge is 0.487 e. The van der Waals surface area contributed by atoms with Crippen LogP contribution in [0.25, 0.3) is 0 Å². The number of unbranched alkanes of at least 4 members (excludes halogenated alkanes) is 1. The van der Waals surface area contributed by atoms with E-state index in [1.807, 2.05) is 26.8 Å². The van der Waals surface area contributed by atoms with E-state index in [0.717, 1.165) is 46.1 Å². The van der Waals surface area contributed by atoms with Crippen molar-refractivity contribution in [1.82, 2.24) is 5.32 Å². The molecule has 0 saturated heterocycles. The van der Waals surface area contributed by atoms with Crippen LogP contribution in [0.5, 0.6) is 5.75 Å². The monoisotopic (exact) mass is 461 g/mol. The minimum absolute atomic E-state index is 0.0237. The van der Waals surface area contributed by atoms with E-state index in [-0.39, 0.29) is 22.4 Å². The molecule has 0 aliphatic carbocycles. The summed E-state index contributed by atoms with van der Waals surface area (Å²) in [7, 11) is 0. The molecular weight excluding hydrogens is 434 g/mol. The number of halogens is 1. The first-order valence-corrected chi connectivity index (χ1v) is 10.9. The molecule has 1 aromatic rings. The van der Waals surface area contributed by atoms with Gasteiger partial charge in [0, 0.05) is 28.6 Å². The van der Waals surface area contributed by atoms with Gasteiger partial charge in [0.1, 0.15) is 11.8 Å². The quantitative estimate of drug-likeness (QED) is 0.226. The second-order valence-corrected chi connectivity index (χ2v) is 8.46. The molecule has 0 spiro atoms. The molecule has 0 radical (unpaired) electrons. The Balaban J connectivity index is 2.71. The van der Waals surface area contributed by atoms with E-state index in [4.69, 9.17) is 4.74 Å². The Hall–Kier alpha value is -2.33. The molecule has 6 nitrogen and oxygen atoms in total. The molecule has 156 valence electrons. The third kappa shape index (κ3) is 4.99. The molecule has 1 N–H and O–H groups in total. The molecule has 1 aliphatic heterocycles. The predicted octanol–water partition coefficient (Wildman–Crippen LogP) is 5.87. The van der Waals surface area contributed by atoms with Gasteiger partial charge in [-0.15, -0.1) is 0 Å². The summed E-state index contributed by atoms with van der Waals surface area (Å²) >= 11 is 3.40.